The van der Waals surface area contributed by atoms with Gasteiger partial charge in [-0.25, -0.2) is 0 Å². The van der Waals surface area contributed by atoms with Crippen LogP contribution in [-0.2, 0) is 19.7 Å². The number of amides is 1. The lowest BCUT2D eigenvalue weighted by Gasteiger charge is -2.32. The zero-order chi connectivity index (χ0) is 17.7. The molecule has 0 aliphatic carbocycles. The second kappa shape index (κ2) is 7.66. The summed E-state index contributed by atoms with van der Waals surface area (Å²) >= 11 is 0. The number of morpholine rings is 1. The van der Waals surface area contributed by atoms with E-state index in [1.807, 2.05) is 24.3 Å². The van der Waals surface area contributed by atoms with E-state index in [2.05, 4.69) is 20.8 Å². The molecular formula is C18H25NO5. The Balaban J connectivity index is 1.85. The van der Waals surface area contributed by atoms with E-state index in [9.17, 15) is 9.59 Å². The van der Waals surface area contributed by atoms with Gasteiger partial charge in [0.2, 0.25) is 0 Å². The van der Waals surface area contributed by atoms with Gasteiger partial charge in [-0.1, -0.05) is 32.9 Å². The predicted octanol–water partition coefficient (Wildman–Crippen LogP) is 2.06. The van der Waals surface area contributed by atoms with Gasteiger partial charge < -0.3 is 19.5 Å². The summed E-state index contributed by atoms with van der Waals surface area (Å²) in [5, 5.41) is 8.81. The van der Waals surface area contributed by atoms with Gasteiger partial charge in [0, 0.05) is 13.1 Å². The van der Waals surface area contributed by atoms with E-state index < -0.39 is 12.1 Å². The fourth-order valence-corrected chi connectivity index (χ4v) is 2.55. The molecule has 1 aromatic carbocycles. The molecule has 1 N–H and O–H groups in total. The van der Waals surface area contributed by atoms with Crippen molar-refractivity contribution < 1.29 is 24.2 Å². The predicted molar refractivity (Wildman–Crippen MR) is 89.2 cm³/mol. The van der Waals surface area contributed by atoms with E-state index >= 15 is 0 Å². The molecule has 0 bridgehead atoms. The summed E-state index contributed by atoms with van der Waals surface area (Å²) in [6.45, 7) is 7.45. The Morgan fingerprint density at radius 3 is 2.54 bits per heavy atom. The third-order valence-corrected chi connectivity index (χ3v) is 3.98. The molecule has 2 rings (SSSR count). The number of benzene rings is 1. The largest absolute Gasteiger partial charge is 0.484 e. The first kappa shape index (κ1) is 18.3. The Labute approximate surface area is 142 Å². The van der Waals surface area contributed by atoms with E-state index in [0.29, 0.717) is 18.9 Å². The SMILES string of the molecule is CC(C)(C)c1ccc(OCC(=O)N2CCOC(CC(=O)O)C2)cc1. The highest BCUT2D eigenvalue weighted by Crippen LogP contribution is 2.24. The standard InChI is InChI=1S/C18H25NO5/c1-18(2,3)13-4-6-14(7-5-13)24-12-16(20)19-8-9-23-15(11-19)10-17(21)22/h4-7,15H,8-12H2,1-3H3,(H,21,22). The number of aliphatic carboxylic acids is 1. The number of hydrogen-bond acceptors (Lipinski definition) is 4. The maximum absolute atomic E-state index is 12.2. The maximum atomic E-state index is 12.2. The number of rotatable bonds is 5. The van der Waals surface area contributed by atoms with Gasteiger partial charge in [-0.3, -0.25) is 9.59 Å². The molecular weight excluding hydrogens is 310 g/mol. The van der Waals surface area contributed by atoms with Crippen molar-refractivity contribution in [1.29, 1.82) is 0 Å². The van der Waals surface area contributed by atoms with Crippen molar-refractivity contribution in [3.8, 4) is 5.75 Å². The highest BCUT2D eigenvalue weighted by Gasteiger charge is 2.26. The highest BCUT2D eigenvalue weighted by atomic mass is 16.5. The number of hydrogen-bond donors (Lipinski definition) is 1. The molecule has 6 nitrogen and oxygen atoms in total. The lowest BCUT2D eigenvalue weighted by atomic mass is 9.87. The molecule has 132 valence electrons. The van der Waals surface area contributed by atoms with Crippen LogP contribution < -0.4 is 4.74 Å². The molecule has 1 aliphatic rings. The van der Waals surface area contributed by atoms with Crippen LogP contribution >= 0.6 is 0 Å². The van der Waals surface area contributed by atoms with Gasteiger partial charge in [0.25, 0.3) is 5.91 Å². The number of carboxylic acids is 1. The first-order chi connectivity index (χ1) is 11.3. The zero-order valence-electron chi connectivity index (χ0n) is 14.4. The fraction of sp³-hybridized carbons (Fsp3) is 0.556. The first-order valence-electron chi connectivity index (χ1n) is 8.10. The third kappa shape index (κ3) is 5.23. The summed E-state index contributed by atoms with van der Waals surface area (Å²) in [7, 11) is 0. The number of nitrogens with zero attached hydrogens (tertiary/aromatic N) is 1. The van der Waals surface area contributed by atoms with Crippen molar-refractivity contribution in [3.63, 3.8) is 0 Å². The van der Waals surface area contributed by atoms with Crippen LogP contribution in [0.1, 0.15) is 32.8 Å². The minimum atomic E-state index is -0.926. The fourth-order valence-electron chi connectivity index (χ4n) is 2.55. The van der Waals surface area contributed by atoms with Crippen LogP contribution in [0.2, 0.25) is 0 Å². The number of ether oxygens (including phenoxy) is 2. The minimum absolute atomic E-state index is 0.0609. The normalized spacial score (nSPS) is 18.3. The van der Waals surface area contributed by atoms with Crippen molar-refractivity contribution >= 4 is 11.9 Å². The van der Waals surface area contributed by atoms with Gasteiger partial charge >= 0.3 is 5.97 Å². The average Bonchev–Trinajstić information content (AvgIpc) is 2.52. The summed E-state index contributed by atoms with van der Waals surface area (Å²) < 4.78 is 10.9. The number of carboxylic acid groups (broad SMARTS) is 1. The molecule has 1 fully saturated rings. The second-order valence-corrected chi connectivity index (χ2v) is 6.99. The summed E-state index contributed by atoms with van der Waals surface area (Å²) in [5.74, 6) is -0.440. The van der Waals surface area contributed by atoms with Crippen LogP contribution in [-0.4, -0.2) is 54.3 Å². The van der Waals surface area contributed by atoms with Gasteiger partial charge in [0.15, 0.2) is 6.61 Å². The molecule has 1 heterocycles. The van der Waals surface area contributed by atoms with Crippen LogP contribution in [0.3, 0.4) is 0 Å². The van der Waals surface area contributed by atoms with E-state index in [0.717, 1.165) is 0 Å². The topological polar surface area (TPSA) is 76.1 Å². The van der Waals surface area contributed by atoms with Crippen molar-refractivity contribution in [2.45, 2.75) is 38.7 Å². The number of carbonyl (C=O) groups is 2. The molecule has 1 aliphatic heterocycles. The molecule has 1 atom stereocenters. The third-order valence-electron chi connectivity index (χ3n) is 3.98. The molecule has 0 radical (unpaired) electrons. The maximum Gasteiger partial charge on any atom is 0.306 e. The Morgan fingerprint density at radius 1 is 1.29 bits per heavy atom. The van der Waals surface area contributed by atoms with Crippen molar-refractivity contribution in [2.24, 2.45) is 0 Å². The summed E-state index contributed by atoms with van der Waals surface area (Å²) in [5.41, 5.74) is 1.27. The lowest BCUT2D eigenvalue weighted by molar-refractivity contribution is -0.148. The van der Waals surface area contributed by atoms with E-state index in [-0.39, 0.29) is 30.9 Å². The van der Waals surface area contributed by atoms with Crippen LogP contribution in [0.25, 0.3) is 0 Å². The zero-order valence-corrected chi connectivity index (χ0v) is 14.4. The lowest BCUT2D eigenvalue weighted by Crippen LogP contribution is -2.47. The van der Waals surface area contributed by atoms with Crippen LogP contribution in [0.4, 0.5) is 0 Å². The molecule has 1 amide bonds. The van der Waals surface area contributed by atoms with Crippen LogP contribution in [0.15, 0.2) is 24.3 Å². The smallest absolute Gasteiger partial charge is 0.306 e. The van der Waals surface area contributed by atoms with Gasteiger partial charge in [-0.15, -0.1) is 0 Å². The quantitative estimate of drug-likeness (QED) is 0.891. The molecule has 6 heteroatoms. The van der Waals surface area contributed by atoms with Crippen LogP contribution in [0.5, 0.6) is 5.75 Å². The molecule has 0 saturated carbocycles. The summed E-state index contributed by atoms with van der Waals surface area (Å²) in [6.07, 6.45) is -0.551. The molecule has 1 aromatic rings. The molecule has 1 unspecified atom stereocenters. The first-order valence-corrected chi connectivity index (χ1v) is 8.10. The Morgan fingerprint density at radius 2 is 1.96 bits per heavy atom. The van der Waals surface area contributed by atoms with Gasteiger partial charge in [-0.2, -0.15) is 0 Å². The Hall–Kier alpha value is -2.08. The molecule has 24 heavy (non-hydrogen) atoms. The average molecular weight is 335 g/mol. The summed E-state index contributed by atoms with van der Waals surface area (Å²) in [4.78, 5) is 24.6. The van der Waals surface area contributed by atoms with E-state index in [4.69, 9.17) is 14.6 Å². The summed E-state index contributed by atoms with van der Waals surface area (Å²) in [6, 6.07) is 7.72. The van der Waals surface area contributed by atoms with Gasteiger partial charge in [-0.05, 0) is 23.1 Å². The van der Waals surface area contributed by atoms with Gasteiger partial charge in [0.05, 0.1) is 19.1 Å². The number of carbonyl (C=O) groups excluding carboxylic acids is 1. The Bertz CT molecular complexity index is 576. The second-order valence-electron chi connectivity index (χ2n) is 6.99. The van der Waals surface area contributed by atoms with Gasteiger partial charge in [0.1, 0.15) is 5.75 Å². The van der Waals surface area contributed by atoms with Crippen molar-refractivity contribution in [2.75, 3.05) is 26.3 Å². The van der Waals surface area contributed by atoms with E-state index in [1.54, 1.807) is 4.90 Å². The highest BCUT2D eigenvalue weighted by molar-refractivity contribution is 5.78. The molecule has 1 saturated heterocycles. The van der Waals surface area contributed by atoms with E-state index in [1.165, 1.54) is 5.56 Å². The van der Waals surface area contributed by atoms with Crippen molar-refractivity contribution in [3.05, 3.63) is 29.8 Å². The van der Waals surface area contributed by atoms with Crippen molar-refractivity contribution in [1.82, 2.24) is 4.90 Å². The molecule has 0 spiro atoms. The molecule has 0 aromatic heterocycles. The monoisotopic (exact) mass is 335 g/mol. The Kier molecular flexibility index (Phi) is 5.83. The van der Waals surface area contributed by atoms with Crippen LogP contribution in [0, 0.1) is 0 Å². The minimum Gasteiger partial charge on any atom is -0.484 e.